The van der Waals surface area contributed by atoms with Gasteiger partial charge in [0.2, 0.25) is 0 Å². The molecule has 1 aliphatic heterocycles. The summed E-state index contributed by atoms with van der Waals surface area (Å²) in [6.45, 7) is 0. The van der Waals surface area contributed by atoms with Crippen molar-refractivity contribution in [3.8, 4) is 11.3 Å². The molecule has 3 aromatic carbocycles. The van der Waals surface area contributed by atoms with Gasteiger partial charge in [-0.05, 0) is 59.7 Å². The molecule has 0 radical (unpaired) electrons. The second kappa shape index (κ2) is 9.00. The van der Waals surface area contributed by atoms with Gasteiger partial charge in [-0.1, -0.05) is 70.5 Å². The van der Waals surface area contributed by atoms with Gasteiger partial charge in [0, 0.05) is 21.3 Å². The van der Waals surface area contributed by atoms with E-state index in [2.05, 4.69) is 15.9 Å². The first-order chi connectivity index (χ1) is 16.5. The Balaban J connectivity index is 1.52. The van der Waals surface area contributed by atoms with Crippen molar-refractivity contribution in [2.75, 3.05) is 4.90 Å². The highest BCUT2D eigenvalue weighted by Gasteiger charge is 2.30. The van der Waals surface area contributed by atoms with Gasteiger partial charge < -0.3 is 14.3 Å². The van der Waals surface area contributed by atoms with Crippen LogP contribution >= 0.6 is 15.9 Å². The number of hydrogen-bond acceptors (Lipinski definition) is 4. The van der Waals surface area contributed by atoms with E-state index < -0.39 is 5.97 Å². The van der Waals surface area contributed by atoms with Crippen molar-refractivity contribution in [2.24, 2.45) is 0 Å². The van der Waals surface area contributed by atoms with E-state index in [4.69, 9.17) is 4.42 Å². The van der Waals surface area contributed by atoms with E-state index in [1.807, 2.05) is 72.8 Å². The average molecular weight is 511 g/mol. The first kappa shape index (κ1) is 21.7. The summed E-state index contributed by atoms with van der Waals surface area (Å²) in [6, 6.07) is 27.1. The monoisotopic (exact) mass is 510 g/mol. The topological polar surface area (TPSA) is 73.6 Å². The van der Waals surface area contributed by atoms with E-state index in [0.717, 1.165) is 15.6 Å². The van der Waals surface area contributed by atoms with Crippen LogP contribution in [-0.4, -0.2) is 11.9 Å². The number of furan rings is 1. The van der Waals surface area contributed by atoms with Crippen molar-refractivity contribution in [1.29, 1.82) is 0 Å². The van der Waals surface area contributed by atoms with Crippen LogP contribution in [0, 0.1) is 0 Å². The fraction of sp³-hybridized carbons (Fsp3) is 0. The van der Waals surface area contributed by atoms with E-state index >= 15 is 0 Å². The summed E-state index contributed by atoms with van der Waals surface area (Å²) >= 11 is 3.43. The molecule has 1 aromatic heterocycles. The molecule has 0 N–H and O–H groups in total. The number of carboxylic acid groups (broad SMARTS) is 1. The number of carbonyl (C=O) groups excluding carboxylic acids is 2. The number of hydrogen-bond donors (Lipinski definition) is 0. The maximum Gasteiger partial charge on any atom is 0.263 e. The molecule has 4 aromatic rings. The molecule has 2 heterocycles. The minimum Gasteiger partial charge on any atom is -0.545 e. The number of amides is 1. The summed E-state index contributed by atoms with van der Waals surface area (Å²) in [5.74, 6) is -0.245. The molecular weight excluding hydrogens is 494 g/mol. The number of carbonyl (C=O) groups is 2. The Bertz CT molecular complexity index is 1430. The predicted octanol–water partition coefficient (Wildman–Crippen LogP) is 5.54. The van der Waals surface area contributed by atoms with Crippen molar-refractivity contribution in [2.45, 2.75) is 0 Å². The fourth-order valence-corrected chi connectivity index (χ4v) is 4.06. The molecule has 0 fully saturated rings. The lowest BCUT2D eigenvalue weighted by Gasteiger charge is -2.21. The molecule has 0 bridgehead atoms. The number of anilines is 1. The highest BCUT2D eigenvalue weighted by atomic mass is 79.9. The molecule has 166 valence electrons. The SMILES string of the molecule is O=C([O-])c1ccc(N2C(=O)/C(=C\c3ccc(-c4ccc(Br)cc4)o3)C=C2c2ccccc2)cc1. The minimum absolute atomic E-state index is 0.0486. The number of carboxylic acids is 1. The Labute approximate surface area is 204 Å². The third-order valence-corrected chi connectivity index (χ3v) is 6.00. The summed E-state index contributed by atoms with van der Waals surface area (Å²) in [7, 11) is 0. The summed E-state index contributed by atoms with van der Waals surface area (Å²) in [5.41, 5.74) is 3.55. The summed E-state index contributed by atoms with van der Waals surface area (Å²) in [4.78, 5) is 26.2. The molecule has 0 atom stereocenters. The molecule has 0 unspecified atom stereocenters. The van der Waals surface area contributed by atoms with Gasteiger partial charge in [-0.25, -0.2) is 0 Å². The Hall–Kier alpha value is -4.16. The number of nitrogens with zero attached hydrogens (tertiary/aromatic N) is 1. The lowest BCUT2D eigenvalue weighted by molar-refractivity contribution is -0.255. The van der Waals surface area contributed by atoms with Gasteiger partial charge in [-0.2, -0.15) is 0 Å². The molecule has 6 heteroatoms. The van der Waals surface area contributed by atoms with Crippen molar-refractivity contribution in [3.05, 3.63) is 124 Å². The van der Waals surface area contributed by atoms with E-state index in [1.54, 1.807) is 23.1 Å². The van der Waals surface area contributed by atoms with Crippen LogP contribution in [0.25, 0.3) is 23.1 Å². The molecule has 5 nitrogen and oxygen atoms in total. The zero-order chi connectivity index (χ0) is 23.7. The van der Waals surface area contributed by atoms with Crippen LogP contribution in [-0.2, 0) is 4.79 Å². The number of benzene rings is 3. The molecule has 0 aliphatic carbocycles. The van der Waals surface area contributed by atoms with Crippen molar-refractivity contribution in [3.63, 3.8) is 0 Å². The Morgan fingerprint density at radius 2 is 1.56 bits per heavy atom. The van der Waals surface area contributed by atoms with Crippen molar-refractivity contribution >= 4 is 45.3 Å². The Morgan fingerprint density at radius 1 is 0.853 bits per heavy atom. The Kier molecular flexibility index (Phi) is 5.74. The molecule has 0 saturated heterocycles. The predicted molar refractivity (Wildman–Crippen MR) is 132 cm³/mol. The maximum absolute atomic E-state index is 13.5. The zero-order valence-electron chi connectivity index (χ0n) is 17.8. The van der Waals surface area contributed by atoms with E-state index in [1.165, 1.54) is 12.1 Å². The second-order valence-electron chi connectivity index (χ2n) is 7.68. The largest absolute Gasteiger partial charge is 0.545 e. The summed E-state index contributed by atoms with van der Waals surface area (Å²) in [6.07, 6.45) is 3.52. The molecule has 34 heavy (non-hydrogen) atoms. The van der Waals surface area contributed by atoms with Gasteiger partial charge >= 0.3 is 0 Å². The van der Waals surface area contributed by atoms with Gasteiger partial charge in [0.25, 0.3) is 5.91 Å². The molecular formula is C28H17BrNO4-. The Morgan fingerprint density at radius 3 is 2.24 bits per heavy atom. The van der Waals surface area contributed by atoms with Crippen LogP contribution in [0.3, 0.4) is 0 Å². The minimum atomic E-state index is -1.27. The van der Waals surface area contributed by atoms with Gasteiger partial charge in [-0.3, -0.25) is 9.69 Å². The second-order valence-corrected chi connectivity index (χ2v) is 8.59. The summed E-state index contributed by atoms with van der Waals surface area (Å²) < 4.78 is 6.96. The van der Waals surface area contributed by atoms with Crippen LogP contribution in [0.1, 0.15) is 21.7 Å². The molecule has 1 aliphatic rings. The molecule has 5 rings (SSSR count). The van der Waals surface area contributed by atoms with E-state index in [9.17, 15) is 14.7 Å². The molecule has 0 spiro atoms. The average Bonchev–Trinajstić information content (AvgIpc) is 3.45. The first-order valence-corrected chi connectivity index (χ1v) is 11.3. The van der Waals surface area contributed by atoms with Crippen LogP contribution in [0.4, 0.5) is 5.69 Å². The number of halogens is 1. The quantitative estimate of drug-likeness (QED) is 0.330. The lowest BCUT2D eigenvalue weighted by Crippen LogP contribution is -2.25. The standard InChI is InChI=1S/C28H18BrNO4/c29-22-10-6-19(7-11-22)26-15-14-24(34-26)16-21-17-25(18-4-2-1-3-5-18)30(27(21)31)23-12-8-20(9-13-23)28(32)33/h1-17H,(H,32,33)/p-1/b21-16-. The summed E-state index contributed by atoms with van der Waals surface area (Å²) in [5, 5.41) is 11.1. The smallest absolute Gasteiger partial charge is 0.263 e. The van der Waals surface area contributed by atoms with E-state index in [0.29, 0.717) is 28.5 Å². The first-order valence-electron chi connectivity index (χ1n) is 10.5. The van der Waals surface area contributed by atoms with Crippen molar-refractivity contribution in [1.82, 2.24) is 0 Å². The van der Waals surface area contributed by atoms with Crippen molar-refractivity contribution < 1.29 is 19.1 Å². The van der Waals surface area contributed by atoms with Crippen LogP contribution < -0.4 is 10.0 Å². The van der Waals surface area contributed by atoms with Gasteiger partial charge in [0.15, 0.2) is 0 Å². The number of rotatable bonds is 5. The zero-order valence-corrected chi connectivity index (χ0v) is 19.4. The van der Waals surface area contributed by atoms with Crippen LogP contribution in [0.5, 0.6) is 0 Å². The lowest BCUT2D eigenvalue weighted by atomic mass is 10.1. The van der Waals surface area contributed by atoms with Gasteiger partial charge in [0.1, 0.15) is 11.5 Å². The normalized spacial score (nSPS) is 14.5. The fourth-order valence-electron chi connectivity index (χ4n) is 3.79. The molecule has 1 amide bonds. The van der Waals surface area contributed by atoms with Gasteiger partial charge in [-0.15, -0.1) is 0 Å². The van der Waals surface area contributed by atoms with Gasteiger partial charge in [0.05, 0.1) is 11.7 Å². The highest BCUT2D eigenvalue weighted by molar-refractivity contribution is 9.10. The highest BCUT2D eigenvalue weighted by Crippen LogP contribution is 2.36. The van der Waals surface area contributed by atoms with Crippen LogP contribution in [0.2, 0.25) is 0 Å². The maximum atomic E-state index is 13.5. The third kappa shape index (κ3) is 4.23. The third-order valence-electron chi connectivity index (χ3n) is 5.47. The molecule has 0 saturated carbocycles. The number of aromatic carboxylic acids is 1. The van der Waals surface area contributed by atoms with Crippen LogP contribution in [0.15, 0.2) is 112 Å². The van der Waals surface area contributed by atoms with E-state index in [-0.39, 0.29) is 11.5 Å².